The lowest BCUT2D eigenvalue weighted by Crippen LogP contribution is -2.41. The smallest absolute Gasteiger partial charge is 0.351 e. The quantitative estimate of drug-likeness (QED) is 0.637. The van der Waals surface area contributed by atoms with Gasteiger partial charge in [0.1, 0.15) is 5.69 Å². The van der Waals surface area contributed by atoms with Crippen molar-refractivity contribution in [2.45, 2.75) is 0 Å². The average molecular weight is 400 g/mol. The number of para-hydroxylation sites is 1. The Labute approximate surface area is 154 Å². The fourth-order valence-corrected chi connectivity index (χ4v) is 3.08. The molecule has 0 spiro atoms. The number of aromatic nitrogens is 2. The van der Waals surface area contributed by atoms with Crippen LogP contribution < -0.4 is 24.1 Å². The number of nitrogens with one attached hydrogen (secondary N) is 1. The van der Waals surface area contributed by atoms with Crippen LogP contribution in [0.4, 0.5) is 10.1 Å². The van der Waals surface area contributed by atoms with Gasteiger partial charge in [-0.25, -0.2) is 12.8 Å². The van der Waals surface area contributed by atoms with Crippen molar-refractivity contribution in [3.8, 4) is 17.8 Å². The van der Waals surface area contributed by atoms with Crippen LogP contribution in [-0.2, 0) is 14.8 Å². The van der Waals surface area contributed by atoms with Gasteiger partial charge in [-0.05, 0) is 12.1 Å². The Bertz CT molecular complexity index is 902. The van der Waals surface area contributed by atoms with Crippen LogP contribution in [0, 0.1) is 5.82 Å². The van der Waals surface area contributed by atoms with Crippen molar-refractivity contribution in [2.24, 2.45) is 0 Å². The molecule has 0 aliphatic carbocycles. The monoisotopic (exact) mass is 400 g/mol. The minimum Gasteiger partial charge on any atom is -0.481 e. The maximum Gasteiger partial charge on any atom is 0.351 e. The summed E-state index contributed by atoms with van der Waals surface area (Å²) in [6.45, 7) is 0. The lowest BCUT2D eigenvalue weighted by atomic mass is 10.3. The molecule has 1 amide bonds. The molecule has 0 aliphatic rings. The minimum absolute atomic E-state index is 0.0223. The summed E-state index contributed by atoms with van der Waals surface area (Å²) in [6, 6.07) is 5.81. The third kappa shape index (κ3) is 4.94. The SMILES string of the molecule is CNC(=O)CS(=O)(=O)N(Oc1nc(OC)cc(OC)n1)c1ccccc1F. The van der Waals surface area contributed by atoms with E-state index in [4.69, 9.17) is 14.3 Å². The summed E-state index contributed by atoms with van der Waals surface area (Å²) in [4.78, 5) is 24.5. The highest BCUT2D eigenvalue weighted by atomic mass is 32.2. The van der Waals surface area contributed by atoms with Crippen LogP contribution in [0.5, 0.6) is 17.8 Å². The summed E-state index contributed by atoms with van der Waals surface area (Å²) < 4.78 is 49.6. The Morgan fingerprint density at radius 3 is 2.30 bits per heavy atom. The van der Waals surface area contributed by atoms with Gasteiger partial charge in [0, 0.05) is 7.05 Å². The molecule has 12 heteroatoms. The lowest BCUT2D eigenvalue weighted by Gasteiger charge is -2.22. The van der Waals surface area contributed by atoms with Crippen LogP contribution in [0.2, 0.25) is 0 Å². The Morgan fingerprint density at radius 2 is 1.78 bits per heavy atom. The Balaban J connectivity index is 2.51. The minimum atomic E-state index is -4.45. The largest absolute Gasteiger partial charge is 0.481 e. The van der Waals surface area contributed by atoms with Crippen LogP contribution in [0.3, 0.4) is 0 Å². The van der Waals surface area contributed by atoms with Crippen LogP contribution >= 0.6 is 0 Å². The molecule has 0 fully saturated rings. The molecule has 0 atom stereocenters. The van der Waals surface area contributed by atoms with Gasteiger partial charge in [0.15, 0.2) is 11.6 Å². The van der Waals surface area contributed by atoms with Gasteiger partial charge in [0.25, 0.3) is 10.0 Å². The van der Waals surface area contributed by atoms with E-state index in [9.17, 15) is 17.6 Å². The second kappa shape index (κ2) is 8.49. The maximum atomic E-state index is 14.2. The van der Waals surface area contributed by atoms with Gasteiger partial charge in [0.05, 0.1) is 20.3 Å². The van der Waals surface area contributed by atoms with Gasteiger partial charge in [-0.2, -0.15) is 9.97 Å². The molecule has 2 aromatic rings. The summed E-state index contributed by atoms with van der Waals surface area (Å²) in [5, 5.41) is 2.18. The van der Waals surface area contributed by atoms with E-state index in [-0.39, 0.29) is 16.2 Å². The third-order valence-corrected chi connectivity index (χ3v) is 4.54. The first kappa shape index (κ1) is 20.2. The number of carbonyl (C=O) groups excluding carboxylic acids is 1. The van der Waals surface area contributed by atoms with Crippen molar-refractivity contribution in [1.29, 1.82) is 0 Å². The van der Waals surface area contributed by atoms with Gasteiger partial charge in [-0.3, -0.25) is 4.79 Å². The number of anilines is 1. The van der Waals surface area contributed by atoms with E-state index >= 15 is 0 Å². The van der Waals surface area contributed by atoms with E-state index in [1.165, 1.54) is 39.5 Å². The van der Waals surface area contributed by atoms with Crippen molar-refractivity contribution in [1.82, 2.24) is 15.3 Å². The first-order chi connectivity index (χ1) is 12.8. The Kier molecular flexibility index (Phi) is 6.34. The zero-order valence-corrected chi connectivity index (χ0v) is 15.5. The Morgan fingerprint density at radius 1 is 1.19 bits per heavy atom. The number of rotatable bonds is 8. The van der Waals surface area contributed by atoms with Crippen LogP contribution in [-0.4, -0.2) is 51.3 Å². The topological polar surface area (TPSA) is 120 Å². The predicted octanol–water partition coefficient (Wildman–Crippen LogP) is 0.509. The summed E-state index contributed by atoms with van der Waals surface area (Å²) in [5.41, 5.74) is -0.452. The number of halogens is 1. The molecule has 0 saturated carbocycles. The molecule has 10 nitrogen and oxygen atoms in total. The van der Waals surface area contributed by atoms with Crippen molar-refractivity contribution >= 4 is 21.6 Å². The number of methoxy groups -OCH3 is 2. The first-order valence-electron chi connectivity index (χ1n) is 7.44. The van der Waals surface area contributed by atoms with E-state index in [2.05, 4.69) is 15.3 Å². The van der Waals surface area contributed by atoms with Crippen molar-refractivity contribution < 1.29 is 31.9 Å². The standard InChI is InChI=1S/C15H17FN4O6S/c1-17-12(21)9-27(22,23)20(11-7-5-4-6-10(11)16)26-15-18-13(24-2)8-14(19-15)25-3/h4-8H,9H2,1-3H3,(H,17,21). The number of hydrogen-bond donors (Lipinski definition) is 1. The third-order valence-electron chi connectivity index (χ3n) is 3.14. The van der Waals surface area contributed by atoms with E-state index in [1.807, 2.05) is 0 Å². The van der Waals surface area contributed by atoms with Gasteiger partial charge in [0.2, 0.25) is 17.7 Å². The fraction of sp³-hybridized carbons (Fsp3) is 0.267. The van der Waals surface area contributed by atoms with Crippen LogP contribution in [0.1, 0.15) is 0 Å². The number of amides is 1. The van der Waals surface area contributed by atoms with Crippen molar-refractivity contribution in [3.05, 3.63) is 36.1 Å². The predicted molar refractivity (Wildman–Crippen MR) is 92.5 cm³/mol. The number of nitrogens with zero attached hydrogens (tertiary/aromatic N) is 3. The fourth-order valence-electron chi connectivity index (χ4n) is 1.86. The molecule has 0 bridgehead atoms. The normalized spacial score (nSPS) is 10.8. The number of carbonyl (C=O) groups is 1. The summed E-state index contributed by atoms with van der Waals surface area (Å²) in [7, 11) is -0.539. The summed E-state index contributed by atoms with van der Waals surface area (Å²) >= 11 is 0. The first-order valence-corrected chi connectivity index (χ1v) is 9.04. The molecule has 0 unspecified atom stereocenters. The maximum absolute atomic E-state index is 14.2. The lowest BCUT2D eigenvalue weighted by molar-refractivity contribution is -0.118. The van der Waals surface area contributed by atoms with E-state index in [0.717, 1.165) is 12.1 Å². The average Bonchev–Trinajstić information content (AvgIpc) is 2.65. The number of hydrogen-bond acceptors (Lipinski definition) is 8. The van der Waals surface area contributed by atoms with E-state index in [1.54, 1.807) is 0 Å². The molecule has 1 aromatic heterocycles. The number of benzene rings is 1. The Hall–Kier alpha value is -3.15. The second-order valence-electron chi connectivity index (χ2n) is 4.93. The second-order valence-corrected chi connectivity index (χ2v) is 6.72. The van der Waals surface area contributed by atoms with E-state index < -0.39 is 39.2 Å². The summed E-state index contributed by atoms with van der Waals surface area (Å²) in [5.74, 6) is -2.65. The molecule has 0 radical (unpaired) electrons. The molecule has 146 valence electrons. The van der Waals surface area contributed by atoms with Crippen LogP contribution in [0.25, 0.3) is 0 Å². The molecular weight excluding hydrogens is 383 g/mol. The number of ether oxygens (including phenoxy) is 2. The van der Waals surface area contributed by atoms with Gasteiger partial charge in [-0.1, -0.05) is 16.6 Å². The van der Waals surface area contributed by atoms with Crippen LogP contribution in [0.15, 0.2) is 30.3 Å². The molecule has 2 rings (SSSR count). The zero-order chi connectivity index (χ0) is 20.0. The van der Waals surface area contributed by atoms with E-state index in [0.29, 0.717) is 0 Å². The molecule has 1 heterocycles. The zero-order valence-electron chi connectivity index (χ0n) is 14.7. The number of sulfonamides is 1. The van der Waals surface area contributed by atoms with Gasteiger partial charge < -0.3 is 19.6 Å². The highest BCUT2D eigenvalue weighted by Gasteiger charge is 2.31. The molecule has 0 aliphatic heterocycles. The molecular formula is C15H17FN4O6S. The van der Waals surface area contributed by atoms with Gasteiger partial charge >= 0.3 is 6.01 Å². The molecule has 1 N–H and O–H groups in total. The highest BCUT2D eigenvalue weighted by Crippen LogP contribution is 2.25. The molecule has 1 aromatic carbocycles. The molecule has 0 saturated heterocycles. The van der Waals surface area contributed by atoms with Gasteiger partial charge in [-0.15, -0.1) is 0 Å². The summed E-state index contributed by atoms with van der Waals surface area (Å²) in [6.07, 6.45) is 0. The van der Waals surface area contributed by atoms with Crippen molar-refractivity contribution in [3.63, 3.8) is 0 Å². The van der Waals surface area contributed by atoms with Crippen molar-refractivity contribution in [2.75, 3.05) is 31.5 Å². The highest BCUT2D eigenvalue weighted by molar-refractivity contribution is 7.93. The molecule has 27 heavy (non-hydrogen) atoms.